The summed E-state index contributed by atoms with van der Waals surface area (Å²) in [5, 5.41) is 20.9. The third-order valence-electron chi connectivity index (χ3n) is 3.97. The number of carboxylic acids is 2. The molecule has 4 nitrogen and oxygen atoms in total. The minimum Gasteiger partial charge on any atom is -0.545 e. The number of carboxylic acid groups (broad SMARTS) is 2. The van der Waals surface area contributed by atoms with Gasteiger partial charge < -0.3 is 19.8 Å². The van der Waals surface area contributed by atoms with Gasteiger partial charge in [0.05, 0.1) is 11.9 Å². The molecule has 2 rings (SSSR count). The maximum absolute atomic E-state index is 10.5. The Hall–Kier alpha value is -2.11. The van der Waals surface area contributed by atoms with E-state index in [1.165, 1.54) is 0 Å². The predicted octanol–water partition coefficient (Wildman–Crippen LogP) is 2.69. The van der Waals surface area contributed by atoms with Gasteiger partial charge in [-0.2, -0.15) is 0 Å². The summed E-state index contributed by atoms with van der Waals surface area (Å²) < 4.78 is 0. The van der Waals surface area contributed by atoms with Gasteiger partial charge in [-0.3, -0.25) is 0 Å². The molecular formula is C22H26CoO4. The second-order valence-corrected chi connectivity index (χ2v) is 8.23. The van der Waals surface area contributed by atoms with Crippen LogP contribution < -0.4 is 10.2 Å². The van der Waals surface area contributed by atoms with Gasteiger partial charge >= 0.3 is 16.8 Å². The van der Waals surface area contributed by atoms with Gasteiger partial charge in [-0.1, -0.05) is 90.1 Å². The van der Waals surface area contributed by atoms with E-state index in [0.29, 0.717) is 0 Å². The number of carbonyl (C=O) groups is 2. The maximum atomic E-state index is 10.5. The molecule has 0 aliphatic heterocycles. The Morgan fingerprint density at radius 2 is 0.815 bits per heavy atom. The van der Waals surface area contributed by atoms with Gasteiger partial charge in [0, 0.05) is 0 Å². The molecule has 147 valence electrons. The van der Waals surface area contributed by atoms with Crippen molar-refractivity contribution in [1.29, 1.82) is 0 Å². The summed E-state index contributed by atoms with van der Waals surface area (Å²) in [6.45, 7) is 12.5. The first-order valence-electron chi connectivity index (χ1n) is 8.46. The molecule has 2 aromatic rings. The second kappa shape index (κ2) is 9.72. The first-order valence-corrected chi connectivity index (χ1v) is 8.46. The Morgan fingerprint density at radius 1 is 0.593 bits per heavy atom. The number of benzene rings is 2. The van der Waals surface area contributed by atoms with Gasteiger partial charge in [0.2, 0.25) is 0 Å². The molecule has 0 bridgehead atoms. The van der Waals surface area contributed by atoms with E-state index in [9.17, 15) is 19.8 Å². The van der Waals surface area contributed by atoms with Gasteiger partial charge in [-0.25, -0.2) is 0 Å². The molecule has 2 aromatic carbocycles. The number of carbonyl (C=O) groups excluding carboxylic acids is 2. The van der Waals surface area contributed by atoms with Crippen LogP contribution in [0.4, 0.5) is 0 Å². The molecule has 0 N–H and O–H groups in total. The molecule has 27 heavy (non-hydrogen) atoms. The predicted molar refractivity (Wildman–Crippen MR) is 98.9 cm³/mol. The molecule has 0 atom stereocenters. The molecule has 0 heterocycles. The SMILES string of the molecule is CC(C)(C)c1ccc(C(=O)[O-])cc1.CC(C)(C)c1ccc(C(=O)[O-])cc1.[Co+2]. The average molecular weight is 413 g/mol. The van der Waals surface area contributed by atoms with Crippen LogP contribution in [0.15, 0.2) is 48.5 Å². The van der Waals surface area contributed by atoms with Crippen molar-refractivity contribution in [3.8, 4) is 0 Å². The van der Waals surface area contributed by atoms with E-state index in [1.807, 2.05) is 24.3 Å². The van der Waals surface area contributed by atoms with Gasteiger partial charge in [0.25, 0.3) is 0 Å². The van der Waals surface area contributed by atoms with Crippen molar-refractivity contribution in [1.82, 2.24) is 0 Å². The molecule has 0 aliphatic carbocycles. The monoisotopic (exact) mass is 413 g/mol. The first kappa shape index (κ1) is 24.9. The maximum Gasteiger partial charge on any atom is 2.00 e. The van der Waals surface area contributed by atoms with E-state index in [2.05, 4.69) is 41.5 Å². The van der Waals surface area contributed by atoms with Crippen LogP contribution in [0.1, 0.15) is 73.4 Å². The number of aromatic carboxylic acids is 2. The van der Waals surface area contributed by atoms with Gasteiger partial charge in [0.1, 0.15) is 0 Å². The quantitative estimate of drug-likeness (QED) is 0.758. The number of hydrogen-bond acceptors (Lipinski definition) is 4. The van der Waals surface area contributed by atoms with E-state index in [4.69, 9.17) is 0 Å². The van der Waals surface area contributed by atoms with Gasteiger partial charge in [-0.05, 0) is 33.1 Å². The van der Waals surface area contributed by atoms with Crippen molar-refractivity contribution in [3.63, 3.8) is 0 Å². The van der Waals surface area contributed by atoms with Gasteiger partial charge in [0.15, 0.2) is 0 Å². The van der Waals surface area contributed by atoms with Crippen molar-refractivity contribution in [2.45, 2.75) is 52.4 Å². The summed E-state index contributed by atoms with van der Waals surface area (Å²) in [5.74, 6) is -2.25. The van der Waals surface area contributed by atoms with Crippen LogP contribution in [0.5, 0.6) is 0 Å². The Morgan fingerprint density at radius 3 is 0.963 bits per heavy atom. The summed E-state index contributed by atoms with van der Waals surface area (Å²) in [6.07, 6.45) is 0. The molecule has 5 heteroatoms. The average Bonchev–Trinajstić information content (AvgIpc) is 2.54. The molecule has 0 fully saturated rings. The third kappa shape index (κ3) is 7.97. The van der Waals surface area contributed by atoms with E-state index >= 15 is 0 Å². The van der Waals surface area contributed by atoms with E-state index in [1.54, 1.807) is 24.3 Å². The smallest absolute Gasteiger partial charge is 0.545 e. The molecule has 0 aliphatic rings. The molecular weight excluding hydrogens is 387 g/mol. The van der Waals surface area contributed by atoms with Crippen LogP contribution in [0, 0.1) is 0 Å². The minimum absolute atomic E-state index is 0. The number of rotatable bonds is 2. The molecule has 0 aromatic heterocycles. The first-order chi connectivity index (χ1) is 11.8. The van der Waals surface area contributed by atoms with Crippen LogP contribution >= 0.6 is 0 Å². The Bertz CT molecular complexity index is 681. The summed E-state index contributed by atoms with van der Waals surface area (Å²) in [5.41, 5.74) is 2.82. The molecule has 0 amide bonds. The largest absolute Gasteiger partial charge is 2.00 e. The fourth-order valence-electron chi connectivity index (χ4n) is 2.21. The van der Waals surface area contributed by atoms with Crippen LogP contribution in [-0.2, 0) is 27.6 Å². The fourth-order valence-corrected chi connectivity index (χ4v) is 2.21. The fraction of sp³-hybridized carbons (Fsp3) is 0.364. The standard InChI is InChI=1S/2C11H14O2.Co/c2*1-11(2,3)9-6-4-8(5-7-9)10(12)13;/h2*4-7H,1-3H3,(H,12,13);/q;;+2/p-2. The second-order valence-electron chi connectivity index (χ2n) is 8.23. The third-order valence-corrected chi connectivity index (χ3v) is 3.97. The minimum atomic E-state index is -1.12. The van der Waals surface area contributed by atoms with Crippen molar-refractivity contribution in [2.24, 2.45) is 0 Å². The van der Waals surface area contributed by atoms with E-state index < -0.39 is 11.9 Å². The molecule has 0 unspecified atom stereocenters. The van der Waals surface area contributed by atoms with Crippen LogP contribution in [0.2, 0.25) is 0 Å². The van der Waals surface area contributed by atoms with Crippen LogP contribution in [0.25, 0.3) is 0 Å². The normalized spacial score (nSPS) is 10.9. The molecule has 0 spiro atoms. The molecule has 0 saturated heterocycles. The Labute approximate surface area is 171 Å². The molecule has 1 radical (unpaired) electrons. The van der Waals surface area contributed by atoms with Crippen LogP contribution in [-0.4, -0.2) is 11.9 Å². The van der Waals surface area contributed by atoms with Crippen molar-refractivity contribution in [2.75, 3.05) is 0 Å². The summed E-state index contributed by atoms with van der Waals surface area (Å²) in [7, 11) is 0. The van der Waals surface area contributed by atoms with E-state index in [-0.39, 0.29) is 38.7 Å². The zero-order valence-electron chi connectivity index (χ0n) is 16.6. The van der Waals surface area contributed by atoms with Crippen molar-refractivity contribution >= 4 is 11.9 Å². The zero-order chi connectivity index (χ0) is 20.1. The van der Waals surface area contributed by atoms with Crippen LogP contribution in [0.3, 0.4) is 0 Å². The Balaban J connectivity index is 0.000000483. The summed E-state index contributed by atoms with van der Waals surface area (Å²) in [4.78, 5) is 20.9. The van der Waals surface area contributed by atoms with E-state index in [0.717, 1.165) is 11.1 Å². The van der Waals surface area contributed by atoms with Crippen molar-refractivity contribution in [3.05, 3.63) is 70.8 Å². The topological polar surface area (TPSA) is 80.3 Å². The zero-order valence-corrected chi connectivity index (χ0v) is 17.6. The summed E-state index contributed by atoms with van der Waals surface area (Å²) >= 11 is 0. The Kier molecular flexibility index (Phi) is 8.95. The molecule has 0 saturated carbocycles. The van der Waals surface area contributed by atoms with Crippen molar-refractivity contribution < 1.29 is 36.6 Å². The number of hydrogen-bond donors (Lipinski definition) is 0. The summed E-state index contributed by atoms with van der Waals surface area (Å²) in [6, 6.07) is 13.6. The van der Waals surface area contributed by atoms with Gasteiger partial charge in [-0.15, -0.1) is 0 Å².